The van der Waals surface area contributed by atoms with Crippen molar-refractivity contribution in [3.63, 3.8) is 0 Å². The molecule has 0 aliphatic rings. The van der Waals surface area contributed by atoms with E-state index in [1.807, 2.05) is 24.3 Å². The third-order valence-corrected chi connectivity index (χ3v) is 3.49. The van der Waals surface area contributed by atoms with Crippen LogP contribution < -0.4 is 10.2 Å². The predicted molar refractivity (Wildman–Crippen MR) is 90.1 cm³/mol. The van der Waals surface area contributed by atoms with Crippen LogP contribution in [-0.4, -0.2) is 18.9 Å². The number of furan rings is 1. The Labute approximate surface area is 134 Å². The van der Waals surface area contributed by atoms with E-state index in [0.29, 0.717) is 11.5 Å². The van der Waals surface area contributed by atoms with Crippen molar-refractivity contribution in [3.8, 4) is 16.9 Å². The van der Waals surface area contributed by atoms with E-state index < -0.39 is 5.97 Å². The molecule has 0 saturated carbocycles. The van der Waals surface area contributed by atoms with Crippen LogP contribution in [0.25, 0.3) is 11.1 Å². The van der Waals surface area contributed by atoms with E-state index in [1.54, 1.807) is 6.07 Å². The number of rotatable bonds is 5. The summed E-state index contributed by atoms with van der Waals surface area (Å²) < 4.78 is 10.8. The largest absolute Gasteiger partial charge is 0.486 e. The van der Waals surface area contributed by atoms with Crippen molar-refractivity contribution in [1.29, 1.82) is 0 Å². The highest BCUT2D eigenvalue weighted by molar-refractivity contribution is 6.32. The van der Waals surface area contributed by atoms with Gasteiger partial charge in [-0.2, -0.15) is 0 Å². The highest BCUT2D eigenvalue weighted by atomic mass is 16.5. The number of aromatic carboxylic acids is 1. The number of hydrogen-bond acceptors (Lipinski definition) is 3. The van der Waals surface area contributed by atoms with Crippen LogP contribution in [0.5, 0.6) is 5.75 Å². The molecule has 0 aliphatic heterocycles. The van der Waals surface area contributed by atoms with Crippen LogP contribution in [0, 0.1) is 0 Å². The van der Waals surface area contributed by atoms with Gasteiger partial charge in [0.15, 0.2) is 0 Å². The molecule has 1 aromatic heterocycles. The summed E-state index contributed by atoms with van der Waals surface area (Å²) in [6.45, 7) is 0.192. The molecule has 23 heavy (non-hydrogen) atoms. The van der Waals surface area contributed by atoms with Crippen LogP contribution in [0.1, 0.15) is 16.3 Å². The van der Waals surface area contributed by atoms with Gasteiger partial charge in [-0.05, 0) is 35.4 Å². The SMILES string of the molecule is Bc1ccc(-c2ccc(OCc3ccc(C(=O)O)o3)cc2)cc1. The lowest BCUT2D eigenvalue weighted by atomic mass is 9.94. The molecular weight excluding hydrogens is 291 g/mol. The van der Waals surface area contributed by atoms with Gasteiger partial charge in [-0.3, -0.25) is 0 Å². The highest BCUT2D eigenvalue weighted by Gasteiger charge is 2.09. The molecule has 5 heteroatoms. The van der Waals surface area contributed by atoms with Crippen LogP contribution >= 0.6 is 0 Å². The molecule has 3 rings (SSSR count). The maximum Gasteiger partial charge on any atom is 0.371 e. The van der Waals surface area contributed by atoms with Crippen molar-refractivity contribution in [2.24, 2.45) is 0 Å². The monoisotopic (exact) mass is 306 g/mol. The van der Waals surface area contributed by atoms with Gasteiger partial charge in [0.05, 0.1) is 0 Å². The first-order chi connectivity index (χ1) is 11.1. The fraction of sp³-hybridized carbons (Fsp3) is 0.0556. The molecule has 1 N–H and O–H groups in total. The maximum atomic E-state index is 10.7. The minimum absolute atomic E-state index is 0.0849. The molecule has 4 nitrogen and oxygen atoms in total. The van der Waals surface area contributed by atoms with Gasteiger partial charge in [-0.1, -0.05) is 41.9 Å². The van der Waals surface area contributed by atoms with E-state index >= 15 is 0 Å². The summed E-state index contributed by atoms with van der Waals surface area (Å²) in [5.41, 5.74) is 3.50. The Morgan fingerprint density at radius 3 is 2.13 bits per heavy atom. The minimum atomic E-state index is -1.08. The van der Waals surface area contributed by atoms with Crippen molar-refractivity contribution >= 4 is 19.3 Å². The van der Waals surface area contributed by atoms with Crippen LogP contribution in [-0.2, 0) is 6.61 Å². The minimum Gasteiger partial charge on any atom is -0.486 e. The first kappa shape index (κ1) is 15.0. The van der Waals surface area contributed by atoms with Gasteiger partial charge in [0.2, 0.25) is 5.76 Å². The third kappa shape index (κ3) is 3.63. The molecule has 0 saturated heterocycles. The maximum absolute atomic E-state index is 10.7. The van der Waals surface area contributed by atoms with Crippen molar-refractivity contribution in [2.45, 2.75) is 6.61 Å². The summed E-state index contributed by atoms with van der Waals surface area (Å²) in [5.74, 6) is 0.0103. The van der Waals surface area contributed by atoms with E-state index in [0.717, 1.165) is 11.1 Å². The van der Waals surface area contributed by atoms with E-state index in [2.05, 4.69) is 32.1 Å². The van der Waals surface area contributed by atoms with Crippen LogP contribution in [0.3, 0.4) is 0 Å². The first-order valence-corrected chi connectivity index (χ1v) is 7.24. The first-order valence-electron chi connectivity index (χ1n) is 7.24. The van der Waals surface area contributed by atoms with Crippen molar-refractivity contribution < 1.29 is 19.1 Å². The highest BCUT2D eigenvalue weighted by Crippen LogP contribution is 2.22. The Hall–Kier alpha value is -2.95. The quantitative estimate of drug-likeness (QED) is 0.736. The molecule has 0 amide bonds. The van der Waals surface area contributed by atoms with E-state index in [1.165, 1.54) is 11.5 Å². The van der Waals surface area contributed by atoms with Crippen molar-refractivity contribution in [2.75, 3.05) is 0 Å². The average molecular weight is 306 g/mol. The molecule has 0 atom stereocenters. The molecular formula is C18H15BO4. The molecule has 0 unspecified atom stereocenters. The number of ether oxygens (including phenoxy) is 1. The second-order valence-electron chi connectivity index (χ2n) is 5.25. The molecule has 0 fully saturated rings. The number of hydrogen-bond donors (Lipinski definition) is 1. The lowest BCUT2D eigenvalue weighted by molar-refractivity contribution is 0.0658. The number of benzene rings is 2. The second-order valence-corrected chi connectivity index (χ2v) is 5.25. The summed E-state index contributed by atoms with van der Waals surface area (Å²) in [4.78, 5) is 10.7. The molecule has 1 heterocycles. The van der Waals surface area contributed by atoms with Gasteiger partial charge in [0, 0.05) is 0 Å². The number of carboxylic acids is 1. The number of carbonyl (C=O) groups is 1. The average Bonchev–Trinajstić information content (AvgIpc) is 3.04. The standard InChI is InChI=1S/C18H15BO4/c19-14-5-1-12(2-6-14)13-3-7-15(8-4-13)22-11-16-9-10-17(23-16)18(20)21/h1-10H,11,19H2,(H,20,21). The van der Waals surface area contributed by atoms with Gasteiger partial charge in [-0.15, -0.1) is 0 Å². The summed E-state index contributed by atoms with van der Waals surface area (Å²) >= 11 is 0. The Morgan fingerprint density at radius 1 is 0.957 bits per heavy atom. The smallest absolute Gasteiger partial charge is 0.371 e. The topological polar surface area (TPSA) is 59.7 Å². The summed E-state index contributed by atoms with van der Waals surface area (Å²) in [6, 6.07) is 19.1. The zero-order valence-electron chi connectivity index (χ0n) is 12.7. The van der Waals surface area contributed by atoms with E-state index in [-0.39, 0.29) is 12.4 Å². The normalized spacial score (nSPS) is 10.4. The Balaban J connectivity index is 1.65. The summed E-state index contributed by atoms with van der Waals surface area (Å²) in [5, 5.41) is 8.80. The fourth-order valence-corrected chi connectivity index (χ4v) is 2.21. The number of carboxylic acid groups (broad SMARTS) is 1. The lowest BCUT2D eigenvalue weighted by Crippen LogP contribution is -1.99. The molecule has 0 bridgehead atoms. The van der Waals surface area contributed by atoms with Crippen LogP contribution in [0.4, 0.5) is 0 Å². The Morgan fingerprint density at radius 2 is 1.57 bits per heavy atom. The van der Waals surface area contributed by atoms with Gasteiger partial charge < -0.3 is 14.3 Å². The Kier molecular flexibility index (Phi) is 4.19. The molecule has 114 valence electrons. The zero-order valence-corrected chi connectivity index (χ0v) is 12.7. The summed E-state index contributed by atoms with van der Waals surface area (Å²) in [7, 11) is 2.06. The summed E-state index contributed by atoms with van der Waals surface area (Å²) in [6.07, 6.45) is 0. The Bertz CT molecular complexity index is 804. The zero-order chi connectivity index (χ0) is 16.2. The predicted octanol–water partition coefficient (Wildman–Crippen LogP) is 2.48. The van der Waals surface area contributed by atoms with Gasteiger partial charge in [0.25, 0.3) is 0 Å². The van der Waals surface area contributed by atoms with Gasteiger partial charge >= 0.3 is 5.97 Å². The van der Waals surface area contributed by atoms with Crippen LogP contribution in [0.2, 0.25) is 0 Å². The van der Waals surface area contributed by atoms with E-state index in [9.17, 15) is 4.79 Å². The molecule has 0 aliphatic carbocycles. The third-order valence-electron chi connectivity index (χ3n) is 3.49. The molecule has 3 aromatic rings. The van der Waals surface area contributed by atoms with Crippen molar-refractivity contribution in [1.82, 2.24) is 0 Å². The van der Waals surface area contributed by atoms with E-state index in [4.69, 9.17) is 14.3 Å². The second kappa shape index (κ2) is 6.44. The molecule has 0 spiro atoms. The van der Waals surface area contributed by atoms with Gasteiger partial charge in [-0.25, -0.2) is 4.79 Å². The molecule has 2 aromatic carbocycles. The lowest BCUT2D eigenvalue weighted by Gasteiger charge is -2.06. The fourth-order valence-electron chi connectivity index (χ4n) is 2.21. The van der Waals surface area contributed by atoms with Crippen molar-refractivity contribution in [3.05, 3.63) is 72.2 Å². The van der Waals surface area contributed by atoms with Gasteiger partial charge in [0.1, 0.15) is 26.0 Å². The molecule has 0 radical (unpaired) electrons. The van der Waals surface area contributed by atoms with Crippen LogP contribution in [0.15, 0.2) is 65.1 Å².